The molecule has 0 radical (unpaired) electrons. The molecule has 2 heterocycles. The van der Waals surface area contributed by atoms with Crippen molar-refractivity contribution in [3.05, 3.63) is 59.9 Å². The molecule has 1 aliphatic heterocycles. The number of nitrogens with one attached hydrogen (secondary N) is 1. The van der Waals surface area contributed by atoms with E-state index < -0.39 is 0 Å². The summed E-state index contributed by atoms with van der Waals surface area (Å²) in [6.07, 6.45) is 2.20. The number of aromatic nitrogens is 2. The molecule has 0 saturated carbocycles. The van der Waals surface area contributed by atoms with Crippen molar-refractivity contribution < 1.29 is 9.13 Å². The van der Waals surface area contributed by atoms with Crippen LogP contribution in [-0.2, 0) is 11.3 Å². The molecule has 140 valence electrons. The number of ether oxygens (including phenoxy) is 1. The Morgan fingerprint density at radius 1 is 1.15 bits per heavy atom. The van der Waals surface area contributed by atoms with Crippen LogP contribution in [0.15, 0.2) is 48.5 Å². The van der Waals surface area contributed by atoms with E-state index in [1.807, 2.05) is 24.3 Å². The van der Waals surface area contributed by atoms with Crippen LogP contribution >= 0.6 is 0 Å². The van der Waals surface area contributed by atoms with E-state index in [9.17, 15) is 4.39 Å². The number of para-hydroxylation sites is 1. The van der Waals surface area contributed by atoms with E-state index in [4.69, 9.17) is 14.7 Å². The van der Waals surface area contributed by atoms with Crippen molar-refractivity contribution in [2.75, 3.05) is 30.5 Å². The normalized spacial score (nSPS) is 16.8. The van der Waals surface area contributed by atoms with Gasteiger partial charge >= 0.3 is 0 Å². The number of hydrogen-bond donors (Lipinski definition) is 1. The maximum Gasteiger partial charge on any atom is 0.228 e. The summed E-state index contributed by atoms with van der Waals surface area (Å²) in [5.74, 6) is 1.30. The zero-order valence-corrected chi connectivity index (χ0v) is 15.4. The molecule has 1 atom stereocenters. The van der Waals surface area contributed by atoms with Gasteiger partial charge in [0.2, 0.25) is 5.95 Å². The molecule has 1 unspecified atom stereocenters. The van der Waals surface area contributed by atoms with Crippen LogP contribution in [0.5, 0.6) is 0 Å². The maximum atomic E-state index is 13.1. The summed E-state index contributed by atoms with van der Waals surface area (Å²) < 4.78 is 18.5. The van der Waals surface area contributed by atoms with Gasteiger partial charge in [-0.1, -0.05) is 24.3 Å². The number of rotatable bonds is 6. The van der Waals surface area contributed by atoms with Gasteiger partial charge in [0.1, 0.15) is 11.6 Å². The van der Waals surface area contributed by atoms with Crippen molar-refractivity contribution in [1.29, 1.82) is 0 Å². The minimum atomic E-state index is -0.230. The number of hydrogen-bond acceptors (Lipinski definition) is 5. The van der Waals surface area contributed by atoms with Crippen LogP contribution in [0.3, 0.4) is 0 Å². The number of nitrogens with zero attached hydrogens (tertiary/aromatic N) is 3. The van der Waals surface area contributed by atoms with Gasteiger partial charge in [-0.25, -0.2) is 9.37 Å². The Labute approximate surface area is 158 Å². The van der Waals surface area contributed by atoms with Crippen LogP contribution in [0.2, 0.25) is 0 Å². The summed E-state index contributed by atoms with van der Waals surface area (Å²) in [5, 5.41) is 4.38. The topological polar surface area (TPSA) is 50.3 Å². The minimum absolute atomic E-state index is 0.230. The van der Waals surface area contributed by atoms with Gasteiger partial charge in [0.15, 0.2) is 0 Å². The second-order valence-electron chi connectivity index (χ2n) is 6.81. The highest BCUT2D eigenvalue weighted by atomic mass is 19.1. The molecule has 0 amide bonds. The van der Waals surface area contributed by atoms with Crippen LogP contribution in [0, 0.1) is 5.82 Å². The standard InChI is InChI=1S/C21H23FN4O/c1-27-14-17-5-4-12-26(17)21-24-19-7-3-2-6-18(19)20(25-21)23-13-15-8-10-16(22)11-9-15/h2-3,6-11,17H,4-5,12-14H2,1H3,(H,23,24,25). The van der Waals surface area contributed by atoms with Gasteiger partial charge in [0.05, 0.1) is 18.2 Å². The van der Waals surface area contributed by atoms with Crippen LogP contribution < -0.4 is 10.2 Å². The molecule has 1 N–H and O–H groups in total. The van der Waals surface area contributed by atoms with Crippen LogP contribution in [0.1, 0.15) is 18.4 Å². The fourth-order valence-corrected chi connectivity index (χ4v) is 3.58. The largest absolute Gasteiger partial charge is 0.383 e. The zero-order valence-electron chi connectivity index (χ0n) is 15.4. The van der Waals surface area contributed by atoms with E-state index in [0.29, 0.717) is 19.2 Å². The Kier molecular flexibility index (Phi) is 5.16. The molecular weight excluding hydrogens is 343 g/mol. The van der Waals surface area contributed by atoms with Gasteiger partial charge in [-0.05, 0) is 42.7 Å². The predicted octanol–water partition coefficient (Wildman–Crippen LogP) is 4.00. The summed E-state index contributed by atoms with van der Waals surface area (Å²) in [7, 11) is 1.73. The molecule has 3 aromatic rings. The highest BCUT2D eigenvalue weighted by molar-refractivity contribution is 5.90. The molecule has 1 saturated heterocycles. The molecule has 27 heavy (non-hydrogen) atoms. The van der Waals surface area contributed by atoms with Gasteiger partial charge in [-0.15, -0.1) is 0 Å². The van der Waals surface area contributed by atoms with E-state index in [1.165, 1.54) is 12.1 Å². The number of fused-ring (bicyclic) bond motifs is 1. The van der Waals surface area contributed by atoms with Gasteiger partial charge < -0.3 is 15.0 Å². The summed E-state index contributed by atoms with van der Waals surface area (Å²) in [6.45, 7) is 2.18. The molecule has 4 rings (SSSR count). The molecule has 5 nitrogen and oxygen atoms in total. The number of benzene rings is 2. The highest BCUT2D eigenvalue weighted by Gasteiger charge is 2.27. The number of anilines is 2. The average molecular weight is 366 g/mol. The number of halogens is 1. The molecule has 0 aliphatic carbocycles. The Balaban J connectivity index is 1.65. The Bertz CT molecular complexity index is 916. The van der Waals surface area contributed by atoms with E-state index in [-0.39, 0.29) is 5.82 Å². The van der Waals surface area contributed by atoms with Crippen molar-refractivity contribution in [1.82, 2.24) is 9.97 Å². The van der Waals surface area contributed by atoms with Crippen LogP contribution in [0.4, 0.5) is 16.2 Å². The SMILES string of the molecule is COCC1CCCN1c1nc(NCc2ccc(F)cc2)c2ccccc2n1. The van der Waals surface area contributed by atoms with Crippen molar-refractivity contribution in [3.63, 3.8) is 0 Å². The third kappa shape index (κ3) is 3.85. The molecule has 1 aromatic heterocycles. The first-order valence-electron chi connectivity index (χ1n) is 9.25. The summed E-state index contributed by atoms with van der Waals surface area (Å²) >= 11 is 0. The molecule has 6 heteroatoms. The van der Waals surface area contributed by atoms with E-state index >= 15 is 0 Å². The summed E-state index contributed by atoms with van der Waals surface area (Å²) in [5.41, 5.74) is 1.91. The molecule has 0 bridgehead atoms. The Hall–Kier alpha value is -2.73. The zero-order chi connectivity index (χ0) is 18.6. The Morgan fingerprint density at radius 2 is 1.96 bits per heavy atom. The molecule has 0 spiro atoms. The lowest BCUT2D eigenvalue weighted by Crippen LogP contribution is -2.34. The summed E-state index contributed by atoms with van der Waals surface area (Å²) in [6, 6.07) is 14.8. The second kappa shape index (κ2) is 7.88. The van der Waals surface area contributed by atoms with Gasteiger partial charge in [0, 0.05) is 25.6 Å². The maximum absolute atomic E-state index is 13.1. The molecule has 1 aliphatic rings. The fraction of sp³-hybridized carbons (Fsp3) is 0.333. The van der Waals surface area contributed by atoms with Crippen molar-refractivity contribution >= 4 is 22.7 Å². The van der Waals surface area contributed by atoms with Crippen molar-refractivity contribution in [3.8, 4) is 0 Å². The van der Waals surface area contributed by atoms with Crippen molar-refractivity contribution in [2.24, 2.45) is 0 Å². The second-order valence-corrected chi connectivity index (χ2v) is 6.81. The van der Waals surface area contributed by atoms with E-state index in [2.05, 4.69) is 10.2 Å². The quantitative estimate of drug-likeness (QED) is 0.715. The van der Waals surface area contributed by atoms with Gasteiger partial charge in [-0.2, -0.15) is 4.98 Å². The third-order valence-corrected chi connectivity index (χ3v) is 4.96. The molecule has 1 fully saturated rings. The third-order valence-electron chi connectivity index (χ3n) is 4.96. The van der Waals surface area contributed by atoms with Gasteiger partial charge in [0.25, 0.3) is 0 Å². The monoisotopic (exact) mass is 366 g/mol. The lowest BCUT2D eigenvalue weighted by molar-refractivity contribution is 0.180. The van der Waals surface area contributed by atoms with Gasteiger partial charge in [-0.3, -0.25) is 0 Å². The van der Waals surface area contributed by atoms with Crippen LogP contribution in [-0.4, -0.2) is 36.3 Å². The average Bonchev–Trinajstić information content (AvgIpc) is 3.16. The first kappa shape index (κ1) is 17.7. The van der Waals surface area contributed by atoms with Crippen LogP contribution in [0.25, 0.3) is 10.9 Å². The fourth-order valence-electron chi connectivity index (χ4n) is 3.58. The molecular formula is C21H23FN4O. The Morgan fingerprint density at radius 3 is 2.78 bits per heavy atom. The predicted molar refractivity (Wildman–Crippen MR) is 106 cm³/mol. The summed E-state index contributed by atoms with van der Waals surface area (Å²) in [4.78, 5) is 11.8. The lowest BCUT2D eigenvalue weighted by atomic mass is 10.2. The van der Waals surface area contributed by atoms with E-state index in [0.717, 1.165) is 47.6 Å². The first-order chi connectivity index (χ1) is 13.2. The number of methoxy groups -OCH3 is 1. The highest BCUT2D eigenvalue weighted by Crippen LogP contribution is 2.28. The minimum Gasteiger partial charge on any atom is -0.383 e. The van der Waals surface area contributed by atoms with Crippen molar-refractivity contribution in [2.45, 2.75) is 25.4 Å². The van der Waals surface area contributed by atoms with E-state index in [1.54, 1.807) is 19.2 Å². The lowest BCUT2D eigenvalue weighted by Gasteiger charge is -2.25. The molecule has 2 aromatic carbocycles. The first-order valence-corrected chi connectivity index (χ1v) is 9.25. The smallest absolute Gasteiger partial charge is 0.228 e.